The molecule has 1 aliphatic rings. The summed E-state index contributed by atoms with van der Waals surface area (Å²) in [5.41, 5.74) is 0. The normalized spacial score (nSPS) is 21.7. The second-order valence-corrected chi connectivity index (χ2v) is 3.99. The molecule has 1 aromatic heterocycles. The minimum Gasteiger partial charge on any atom is -0.332 e. The smallest absolute Gasteiger partial charge is 0.208 e. The summed E-state index contributed by atoms with van der Waals surface area (Å²) >= 11 is 0. The number of Topliss-reactive ketones (excluding diaryl/α,β-unsaturated/α-hetero) is 2. The van der Waals surface area contributed by atoms with E-state index in [9.17, 15) is 9.59 Å². The van der Waals surface area contributed by atoms with E-state index >= 15 is 0 Å². The summed E-state index contributed by atoms with van der Waals surface area (Å²) in [5.74, 6) is -0.0865. The van der Waals surface area contributed by atoms with Crippen LogP contribution in [0.3, 0.4) is 0 Å². The summed E-state index contributed by atoms with van der Waals surface area (Å²) in [6.45, 7) is 0. The minimum absolute atomic E-state index is 0.0780. The lowest BCUT2D eigenvalue weighted by molar-refractivity contribution is -0.122. The number of nitrogens with zero attached hydrogens (tertiary/aromatic N) is 2. The fourth-order valence-electron chi connectivity index (χ4n) is 2.02. The lowest BCUT2D eigenvalue weighted by Gasteiger charge is -2.18. The average molecular weight is 206 g/mol. The van der Waals surface area contributed by atoms with Gasteiger partial charge in [0, 0.05) is 25.9 Å². The highest BCUT2D eigenvalue weighted by molar-refractivity contribution is 6.09. The molecule has 80 valence electrons. The maximum absolute atomic E-state index is 12.0. The van der Waals surface area contributed by atoms with Crippen LogP contribution in [0, 0.1) is 5.92 Å². The summed E-state index contributed by atoms with van der Waals surface area (Å²) < 4.78 is 1.67. The van der Waals surface area contributed by atoms with E-state index in [1.165, 1.54) is 0 Å². The fourth-order valence-corrected chi connectivity index (χ4v) is 2.02. The van der Waals surface area contributed by atoms with Crippen LogP contribution >= 0.6 is 0 Å². The van der Waals surface area contributed by atoms with Crippen LogP contribution in [0.25, 0.3) is 0 Å². The first-order valence-corrected chi connectivity index (χ1v) is 5.24. The zero-order valence-electron chi connectivity index (χ0n) is 8.77. The van der Waals surface area contributed by atoms with Crippen LogP contribution in [-0.4, -0.2) is 21.1 Å². The Morgan fingerprint density at radius 2 is 2.33 bits per heavy atom. The monoisotopic (exact) mass is 206 g/mol. The van der Waals surface area contributed by atoms with Crippen LogP contribution in [-0.2, 0) is 11.8 Å². The third-order valence-corrected chi connectivity index (χ3v) is 2.91. The molecule has 1 aromatic rings. The topological polar surface area (TPSA) is 52.0 Å². The number of imidazole rings is 1. The third kappa shape index (κ3) is 1.84. The fraction of sp³-hybridized carbons (Fsp3) is 0.545. The second-order valence-electron chi connectivity index (χ2n) is 3.99. The number of aromatic nitrogens is 2. The van der Waals surface area contributed by atoms with Gasteiger partial charge in [-0.1, -0.05) is 6.42 Å². The van der Waals surface area contributed by atoms with Crippen LogP contribution in [0.1, 0.15) is 36.3 Å². The zero-order chi connectivity index (χ0) is 10.8. The van der Waals surface area contributed by atoms with E-state index < -0.39 is 5.92 Å². The Bertz CT molecular complexity index is 395. The van der Waals surface area contributed by atoms with Crippen LogP contribution in [0.2, 0.25) is 0 Å². The molecular weight excluding hydrogens is 192 g/mol. The van der Waals surface area contributed by atoms with Gasteiger partial charge in [0.1, 0.15) is 5.78 Å². The summed E-state index contributed by atoms with van der Waals surface area (Å²) in [5, 5.41) is 0. The Hall–Kier alpha value is -1.45. The van der Waals surface area contributed by atoms with E-state index in [-0.39, 0.29) is 11.6 Å². The van der Waals surface area contributed by atoms with E-state index in [1.54, 1.807) is 24.0 Å². The molecule has 1 unspecified atom stereocenters. The van der Waals surface area contributed by atoms with Crippen molar-refractivity contribution in [2.24, 2.45) is 13.0 Å². The van der Waals surface area contributed by atoms with E-state index in [0.29, 0.717) is 18.7 Å². The molecule has 1 atom stereocenters. The quantitative estimate of drug-likeness (QED) is 0.542. The number of hydrogen-bond donors (Lipinski definition) is 0. The molecule has 0 N–H and O–H groups in total. The van der Waals surface area contributed by atoms with Crippen molar-refractivity contribution in [3.63, 3.8) is 0 Å². The van der Waals surface area contributed by atoms with E-state index in [0.717, 1.165) is 12.8 Å². The van der Waals surface area contributed by atoms with Crippen molar-refractivity contribution >= 4 is 11.6 Å². The first-order valence-electron chi connectivity index (χ1n) is 5.24. The molecule has 0 amide bonds. The molecule has 2 rings (SSSR count). The van der Waals surface area contributed by atoms with E-state index in [1.807, 2.05) is 0 Å². The number of carbonyl (C=O) groups excluding carboxylic acids is 2. The SMILES string of the molecule is Cn1ccnc1C(=O)C1CCCCC1=O. The largest absolute Gasteiger partial charge is 0.332 e. The molecule has 0 radical (unpaired) electrons. The molecule has 0 bridgehead atoms. The highest BCUT2D eigenvalue weighted by atomic mass is 16.2. The molecular formula is C11H14N2O2. The van der Waals surface area contributed by atoms with Gasteiger partial charge in [-0.3, -0.25) is 9.59 Å². The standard InChI is InChI=1S/C11H14N2O2/c1-13-7-6-12-11(13)10(15)8-4-2-3-5-9(8)14/h6-8H,2-5H2,1H3. The van der Waals surface area contributed by atoms with Gasteiger partial charge in [0.05, 0.1) is 5.92 Å². The van der Waals surface area contributed by atoms with Gasteiger partial charge in [0.2, 0.25) is 5.78 Å². The number of aryl methyl sites for hydroxylation is 1. The predicted molar refractivity (Wildman–Crippen MR) is 54.5 cm³/mol. The van der Waals surface area contributed by atoms with Crippen LogP contribution in [0.4, 0.5) is 0 Å². The molecule has 0 aliphatic heterocycles. The van der Waals surface area contributed by atoms with Gasteiger partial charge in [-0.15, -0.1) is 0 Å². The van der Waals surface area contributed by atoms with Crippen molar-refractivity contribution in [1.82, 2.24) is 9.55 Å². The summed E-state index contributed by atoms with van der Waals surface area (Å²) in [6.07, 6.45) is 6.42. The number of ketones is 2. The lowest BCUT2D eigenvalue weighted by atomic mass is 9.85. The highest BCUT2D eigenvalue weighted by Gasteiger charge is 2.31. The van der Waals surface area contributed by atoms with Gasteiger partial charge in [-0.25, -0.2) is 4.98 Å². The maximum atomic E-state index is 12.0. The summed E-state index contributed by atoms with van der Waals surface area (Å²) in [6, 6.07) is 0. The Labute approximate surface area is 88.3 Å². The lowest BCUT2D eigenvalue weighted by Crippen LogP contribution is -2.29. The molecule has 0 aromatic carbocycles. The Morgan fingerprint density at radius 1 is 1.53 bits per heavy atom. The van der Waals surface area contributed by atoms with Crippen molar-refractivity contribution in [3.8, 4) is 0 Å². The van der Waals surface area contributed by atoms with Gasteiger partial charge in [0.15, 0.2) is 5.82 Å². The van der Waals surface area contributed by atoms with E-state index in [2.05, 4.69) is 4.98 Å². The molecule has 0 saturated heterocycles. The van der Waals surface area contributed by atoms with Gasteiger partial charge in [-0.05, 0) is 12.8 Å². The Morgan fingerprint density at radius 3 is 2.93 bits per heavy atom. The third-order valence-electron chi connectivity index (χ3n) is 2.91. The Balaban J connectivity index is 2.20. The maximum Gasteiger partial charge on any atom is 0.208 e. The minimum atomic E-state index is -0.445. The van der Waals surface area contributed by atoms with Crippen molar-refractivity contribution in [1.29, 1.82) is 0 Å². The molecule has 1 saturated carbocycles. The molecule has 1 aliphatic carbocycles. The first-order chi connectivity index (χ1) is 7.20. The van der Waals surface area contributed by atoms with Gasteiger partial charge in [-0.2, -0.15) is 0 Å². The first kappa shape index (κ1) is 10.1. The Kier molecular flexibility index (Phi) is 2.66. The number of rotatable bonds is 2. The predicted octanol–water partition coefficient (Wildman–Crippen LogP) is 1.36. The average Bonchev–Trinajstić information content (AvgIpc) is 2.64. The highest BCUT2D eigenvalue weighted by Crippen LogP contribution is 2.23. The zero-order valence-corrected chi connectivity index (χ0v) is 8.77. The van der Waals surface area contributed by atoms with Crippen LogP contribution in [0.15, 0.2) is 12.4 Å². The van der Waals surface area contributed by atoms with Gasteiger partial charge in [0.25, 0.3) is 0 Å². The van der Waals surface area contributed by atoms with Crippen molar-refractivity contribution in [2.45, 2.75) is 25.7 Å². The van der Waals surface area contributed by atoms with Gasteiger partial charge >= 0.3 is 0 Å². The van der Waals surface area contributed by atoms with Crippen LogP contribution in [0.5, 0.6) is 0 Å². The molecule has 4 nitrogen and oxygen atoms in total. The molecule has 0 spiro atoms. The molecule has 1 fully saturated rings. The van der Waals surface area contributed by atoms with E-state index in [4.69, 9.17) is 0 Å². The summed E-state index contributed by atoms with van der Waals surface area (Å²) in [4.78, 5) is 27.6. The van der Waals surface area contributed by atoms with Crippen molar-refractivity contribution in [2.75, 3.05) is 0 Å². The van der Waals surface area contributed by atoms with Crippen LogP contribution < -0.4 is 0 Å². The van der Waals surface area contributed by atoms with Crippen molar-refractivity contribution < 1.29 is 9.59 Å². The molecule has 4 heteroatoms. The van der Waals surface area contributed by atoms with Gasteiger partial charge < -0.3 is 4.57 Å². The molecule has 15 heavy (non-hydrogen) atoms. The molecule has 1 heterocycles. The number of hydrogen-bond acceptors (Lipinski definition) is 3. The number of carbonyl (C=O) groups is 2. The summed E-state index contributed by atoms with van der Waals surface area (Å²) in [7, 11) is 1.77. The van der Waals surface area contributed by atoms with Crippen molar-refractivity contribution in [3.05, 3.63) is 18.2 Å². The second kappa shape index (κ2) is 3.96.